The summed E-state index contributed by atoms with van der Waals surface area (Å²) in [5.74, 6) is 1.59. The number of ether oxygens (including phenoxy) is 3. The van der Waals surface area contributed by atoms with Crippen molar-refractivity contribution in [3.05, 3.63) is 31.5 Å². The standard InChI is InChI=1S/C15H27N3O6S3/c19-13-16(1-4-22-7-10-25)14(20)18(3-6-24-9-12-27)15(21)17(13)2-5-23-8-11-26/h25-27H,1-12H2. The van der Waals surface area contributed by atoms with Gasteiger partial charge in [0.25, 0.3) is 0 Å². The number of rotatable bonds is 15. The largest absolute Gasteiger partial charge is 0.379 e. The molecule has 0 radical (unpaired) electrons. The van der Waals surface area contributed by atoms with Gasteiger partial charge in [0.15, 0.2) is 0 Å². The highest BCUT2D eigenvalue weighted by molar-refractivity contribution is 7.80. The number of nitrogens with zero attached hydrogens (tertiary/aromatic N) is 3. The summed E-state index contributed by atoms with van der Waals surface area (Å²) in [5, 5.41) is 0. The molecule has 156 valence electrons. The summed E-state index contributed by atoms with van der Waals surface area (Å²) >= 11 is 12.1. The first-order valence-electron chi connectivity index (χ1n) is 8.58. The molecule has 0 aliphatic rings. The van der Waals surface area contributed by atoms with E-state index >= 15 is 0 Å². The minimum Gasteiger partial charge on any atom is -0.379 e. The molecular weight excluding hydrogens is 414 g/mol. The third-order valence-corrected chi connectivity index (χ3v) is 4.02. The van der Waals surface area contributed by atoms with Crippen LogP contribution in [0.1, 0.15) is 0 Å². The summed E-state index contributed by atoms with van der Waals surface area (Å²) in [4.78, 5) is 37.8. The van der Waals surface area contributed by atoms with Gasteiger partial charge in [0.2, 0.25) is 0 Å². The molecule has 0 fully saturated rings. The zero-order chi connectivity index (χ0) is 20.1. The van der Waals surface area contributed by atoms with Crippen LogP contribution in [0.15, 0.2) is 14.4 Å². The maximum atomic E-state index is 12.6. The number of aromatic nitrogens is 3. The SMILES string of the molecule is O=c1n(CCOCCS)c(=O)n(CCOCCS)c(=O)n1CCOCCS. The second-order valence-corrected chi connectivity index (χ2v) is 6.65. The Morgan fingerprint density at radius 3 is 1.00 bits per heavy atom. The van der Waals surface area contributed by atoms with Crippen molar-refractivity contribution in [2.24, 2.45) is 0 Å². The molecule has 1 aromatic heterocycles. The van der Waals surface area contributed by atoms with Gasteiger partial charge in [0.1, 0.15) is 0 Å². The predicted octanol–water partition coefficient (Wildman–Crippen LogP) is -0.989. The highest BCUT2D eigenvalue weighted by Gasteiger charge is 2.15. The zero-order valence-corrected chi connectivity index (χ0v) is 17.8. The zero-order valence-electron chi connectivity index (χ0n) is 15.1. The van der Waals surface area contributed by atoms with Gasteiger partial charge < -0.3 is 14.2 Å². The van der Waals surface area contributed by atoms with Crippen molar-refractivity contribution in [2.45, 2.75) is 19.6 Å². The van der Waals surface area contributed by atoms with Gasteiger partial charge in [-0.15, -0.1) is 0 Å². The van der Waals surface area contributed by atoms with E-state index in [1.807, 2.05) is 0 Å². The van der Waals surface area contributed by atoms with E-state index < -0.39 is 17.1 Å². The fourth-order valence-electron chi connectivity index (χ4n) is 2.22. The Hall–Kier alpha value is -0.660. The molecular formula is C15H27N3O6S3. The van der Waals surface area contributed by atoms with Crippen molar-refractivity contribution >= 4 is 37.9 Å². The number of hydrogen-bond acceptors (Lipinski definition) is 9. The molecule has 1 rings (SSSR count). The van der Waals surface area contributed by atoms with Gasteiger partial charge in [0, 0.05) is 17.3 Å². The Labute approximate surface area is 173 Å². The van der Waals surface area contributed by atoms with Gasteiger partial charge in [0.05, 0.1) is 59.3 Å². The molecule has 0 N–H and O–H groups in total. The first kappa shape index (κ1) is 24.4. The third kappa shape index (κ3) is 8.08. The van der Waals surface area contributed by atoms with Gasteiger partial charge in [-0.05, 0) is 0 Å². The molecule has 12 heteroatoms. The Balaban J connectivity index is 3.09. The van der Waals surface area contributed by atoms with Crippen molar-refractivity contribution in [3.63, 3.8) is 0 Å². The average molecular weight is 442 g/mol. The molecule has 0 saturated carbocycles. The van der Waals surface area contributed by atoms with E-state index in [4.69, 9.17) is 14.2 Å². The summed E-state index contributed by atoms with van der Waals surface area (Å²) in [6.45, 7) is 1.84. The van der Waals surface area contributed by atoms with E-state index in [1.54, 1.807) is 0 Å². The highest BCUT2D eigenvalue weighted by atomic mass is 32.1. The van der Waals surface area contributed by atoms with Crippen LogP contribution in [0.3, 0.4) is 0 Å². The van der Waals surface area contributed by atoms with E-state index in [0.29, 0.717) is 37.1 Å². The molecule has 1 aromatic rings. The maximum absolute atomic E-state index is 12.6. The second kappa shape index (κ2) is 14.4. The predicted molar refractivity (Wildman–Crippen MR) is 113 cm³/mol. The summed E-state index contributed by atoms with van der Waals surface area (Å²) < 4.78 is 18.9. The van der Waals surface area contributed by atoms with Gasteiger partial charge in [-0.3, -0.25) is 0 Å². The monoisotopic (exact) mass is 441 g/mol. The number of hydrogen-bond donors (Lipinski definition) is 3. The molecule has 0 aliphatic heterocycles. The van der Waals surface area contributed by atoms with Crippen LogP contribution in [0.5, 0.6) is 0 Å². The van der Waals surface area contributed by atoms with E-state index in [1.165, 1.54) is 0 Å². The van der Waals surface area contributed by atoms with E-state index in [-0.39, 0.29) is 39.5 Å². The normalized spacial score (nSPS) is 11.2. The van der Waals surface area contributed by atoms with Crippen molar-refractivity contribution in [1.82, 2.24) is 13.7 Å². The van der Waals surface area contributed by atoms with Crippen molar-refractivity contribution in [2.75, 3.05) is 56.9 Å². The third-order valence-electron chi connectivity index (χ3n) is 3.47. The number of thiol groups is 3. The smallest absolute Gasteiger partial charge is 0.336 e. The van der Waals surface area contributed by atoms with Crippen molar-refractivity contribution in [3.8, 4) is 0 Å². The minimum absolute atomic E-state index is 0.0424. The molecule has 0 aromatic carbocycles. The highest BCUT2D eigenvalue weighted by Crippen LogP contribution is 1.86. The van der Waals surface area contributed by atoms with Crippen molar-refractivity contribution in [1.29, 1.82) is 0 Å². The fraction of sp³-hybridized carbons (Fsp3) is 0.800. The Morgan fingerprint density at radius 1 is 0.519 bits per heavy atom. The molecule has 9 nitrogen and oxygen atoms in total. The molecule has 0 saturated heterocycles. The minimum atomic E-state index is -0.679. The lowest BCUT2D eigenvalue weighted by molar-refractivity contribution is 0.126. The molecule has 0 aliphatic carbocycles. The van der Waals surface area contributed by atoms with Crippen LogP contribution in [0.2, 0.25) is 0 Å². The summed E-state index contributed by atoms with van der Waals surface area (Å²) in [7, 11) is 0. The van der Waals surface area contributed by atoms with Crippen LogP contribution in [-0.2, 0) is 33.8 Å². The van der Waals surface area contributed by atoms with Gasteiger partial charge in [-0.25, -0.2) is 28.1 Å². The summed E-state index contributed by atoms with van der Waals surface area (Å²) in [5.41, 5.74) is -2.04. The van der Waals surface area contributed by atoms with Gasteiger partial charge in [-0.2, -0.15) is 37.9 Å². The fourth-order valence-corrected chi connectivity index (χ4v) is 2.61. The van der Waals surface area contributed by atoms with Crippen LogP contribution < -0.4 is 17.1 Å². The lowest BCUT2D eigenvalue weighted by atomic mass is 10.5. The van der Waals surface area contributed by atoms with E-state index in [0.717, 1.165) is 13.7 Å². The summed E-state index contributed by atoms with van der Waals surface area (Å²) in [6, 6.07) is 0. The molecule has 27 heavy (non-hydrogen) atoms. The first-order valence-corrected chi connectivity index (χ1v) is 10.5. The maximum Gasteiger partial charge on any atom is 0.336 e. The molecule has 0 spiro atoms. The first-order chi connectivity index (χ1) is 13.1. The van der Waals surface area contributed by atoms with Crippen molar-refractivity contribution < 1.29 is 14.2 Å². The Bertz CT molecular complexity index is 593. The van der Waals surface area contributed by atoms with Gasteiger partial charge >= 0.3 is 17.1 Å². The molecule has 1 heterocycles. The second-order valence-electron chi connectivity index (χ2n) is 5.31. The lowest BCUT2D eigenvalue weighted by Gasteiger charge is -2.14. The van der Waals surface area contributed by atoms with Crippen LogP contribution in [-0.4, -0.2) is 70.6 Å². The molecule has 0 amide bonds. The Morgan fingerprint density at radius 2 is 0.778 bits per heavy atom. The van der Waals surface area contributed by atoms with Gasteiger partial charge in [-0.1, -0.05) is 0 Å². The van der Waals surface area contributed by atoms with Crippen LogP contribution in [0, 0.1) is 0 Å². The van der Waals surface area contributed by atoms with Crippen LogP contribution in [0.4, 0.5) is 0 Å². The molecule has 0 bridgehead atoms. The topological polar surface area (TPSA) is 93.7 Å². The quantitative estimate of drug-likeness (QED) is 0.239. The summed E-state index contributed by atoms with van der Waals surface area (Å²) in [6.07, 6.45) is 0. The van der Waals surface area contributed by atoms with Crippen LogP contribution in [0.25, 0.3) is 0 Å². The Kier molecular flexibility index (Phi) is 13.0. The molecule has 0 unspecified atom stereocenters. The average Bonchev–Trinajstić information content (AvgIpc) is 2.66. The van der Waals surface area contributed by atoms with Crippen LogP contribution >= 0.6 is 37.9 Å². The molecule has 0 atom stereocenters. The van der Waals surface area contributed by atoms with E-state index in [9.17, 15) is 14.4 Å². The lowest BCUT2D eigenvalue weighted by Crippen LogP contribution is -2.55. The van der Waals surface area contributed by atoms with E-state index in [2.05, 4.69) is 37.9 Å².